The largest absolute Gasteiger partial charge is 0.349 e. The SMILES string of the molecule is CC(C(=O)NC1(CN2CCC2)CC1)c1ccc(F)cc1. The molecular formula is C16H21FN2O. The number of nitrogens with one attached hydrogen (secondary N) is 1. The van der Waals surface area contributed by atoms with E-state index in [1.807, 2.05) is 6.92 Å². The van der Waals surface area contributed by atoms with Crippen molar-refractivity contribution in [1.29, 1.82) is 0 Å². The van der Waals surface area contributed by atoms with E-state index in [-0.39, 0.29) is 23.2 Å². The molecular weight excluding hydrogens is 255 g/mol. The third kappa shape index (κ3) is 2.85. The van der Waals surface area contributed by atoms with Crippen molar-refractivity contribution in [3.05, 3.63) is 35.6 Å². The van der Waals surface area contributed by atoms with Gasteiger partial charge in [0.05, 0.1) is 11.5 Å². The van der Waals surface area contributed by atoms with Crippen molar-refractivity contribution in [3.63, 3.8) is 0 Å². The van der Waals surface area contributed by atoms with E-state index in [1.54, 1.807) is 12.1 Å². The van der Waals surface area contributed by atoms with E-state index in [2.05, 4.69) is 10.2 Å². The van der Waals surface area contributed by atoms with E-state index in [1.165, 1.54) is 18.6 Å². The van der Waals surface area contributed by atoms with Crippen LogP contribution in [0.15, 0.2) is 24.3 Å². The second kappa shape index (κ2) is 5.17. The summed E-state index contributed by atoms with van der Waals surface area (Å²) < 4.78 is 12.9. The van der Waals surface area contributed by atoms with Crippen LogP contribution in [0.3, 0.4) is 0 Å². The topological polar surface area (TPSA) is 32.3 Å². The lowest BCUT2D eigenvalue weighted by atomic mass is 9.99. The molecule has 2 fully saturated rings. The summed E-state index contributed by atoms with van der Waals surface area (Å²) in [6, 6.07) is 6.20. The highest BCUT2D eigenvalue weighted by atomic mass is 19.1. The molecule has 1 heterocycles. The summed E-state index contributed by atoms with van der Waals surface area (Å²) in [5, 5.41) is 3.21. The molecule has 1 aliphatic heterocycles. The molecule has 2 aliphatic rings. The van der Waals surface area contributed by atoms with Gasteiger partial charge in [0.1, 0.15) is 5.82 Å². The summed E-state index contributed by atoms with van der Waals surface area (Å²) in [5.74, 6) is -0.447. The first kappa shape index (κ1) is 13.6. The molecule has 0 spiro atoms. The fraction of sp³-hybridized carbons (Fsp3) is 0.562. The summed E-state index contributed by atoms with van der Waals surface area (Å²) in [6.45, 7) is 5.17. The fourth-order valence-corrected chi connectivity index (χ4v) is 2.71. The highest BCUT2D eigenvalue weighted by Crippen LogP contribution is 2.37. The minimum absolute atomic E-state index is 0.00575. The second-order valence-electron chi connectivity index (χ2n) is 6.17. The third-order valence-corrected chi connectivity index (χ3v) is 4.48. The van der Waals surface area contributed by atoms with Gasteiger partial charge in [-0.2, -0.15) is 0 Å². The number of nitrogens with zero attached hydrogens (tertiary/aromatic N) is 1. The minimum Gasteiger partial charge on any atom is -0.349 e. The van der Waals surface area contributed by atoms with E-state index in [9.17, 15) is 9.18 Å². The number of hydrogen-bond acceptors (Lipinski definition) is 2. The Balaban J connectivity index is 1.59. The highest BCUT2D eigenvalue weighted by Gasteiger charge is 2.46. The van der Waals surface area contributed by atoms with Gasteiger partial charge >= 0.3 is 0 Å². The van der Waals surface area contributed by atoms with Crippen LogP contribution in [0.2, 0.25) is 0 Å². The van der Waals surface area contributed by atoms with Crippen LogP contribution in [-0.4, -0.2) is 36.0 Å². The first-order valence-corrected chi connectivity index (χ1v) is 7.38. The van der Waals surface area contributed by atoms with E-state index < -0.39 is 0 Å². The zero-order chi connectivity index (χ0) is 14.2. The molecule has 0 aromatic heterocycles. The van der Waals surface area contributed by atoms with Crippen molar-refractivity contribution in [2.75, 3.05) is 19.6 Å². The number of halogens is 1. The fourth-order valence-electron chi connectivity index (χ4n) is 2.71. The van der Waals surface area contributed by atoms with Crippen LogP contribution in [-0.2, 0) is 4.79 Å². The molecule has 20 heavy (non-hydrogen) atoms. The quantitative estimate of drug-likeness (QED) is 0.895. The van der Waals surface area contributed by atoms with Crippen LogP contribution in [0, 0.1) is 5.82 Å². The predicted molar refractivity (Wildman–Crippen MR) is 76.0 cm³/mol. The number of hydrogen-bond donors (Lipinski definition) is 1. The van der Waals surface area contributed by atoms with Crippen molar-refractivity contribution in [1.82, 2.24) is 10.2 Å². The molecule has 1 aromatic rings. The Labute approximate surface area is 119 Å². The van der Waals surface area contributed by atoms with E-state index in [0.717, 1.165) is 38.0 Å². The minimum atomic E-state index is -0.266. The van der Waals surface area contributed by atoms with Crippen LogP contribution in [0.5, 0.6) is 0 Å². The number of benzene rings is 1. The lowest BCUT2D eigenvalue weighted by Gasteiger charge is -2.35. The monoisotopic (exact) mass is 276 g/mol. The Kier molecular flexibility index (Phi) is 3.50. The number of amides is 1. The van der Waals surface area contributed by atoms with E-state index >= 15 is 0 Å². The maximum atomic E-state index is 12.9. The normalized spacial score (nSPS) is 21.9. The van der Waals surface area contributed by atoms with Gasteiger partial charge < -0.3 is 10.2 Å². The van der Waals surface area contributed by atoms with Gasteiger partial charge in [0.2, 0.25) is 5.91 Å². The Morgan fingerprint density at radius 1 is 1.35 bits per heavy atom. The molecule has 0 bridgehead atoms. The number of rotatable bonds is 5. The van der Waals surface area contributed by atoms with Gasteiger partial charge in [-0.15, -0.1) is 0 Å². The molecule has 0 radical (unpaired) electrons. The smallest absolute Gasteiger partial charge is 0.227 e. The van der Waals surface area contributed by atoms with Crippen LogP contribution in [0.25, 0.3) is 0 Å². The zero-order valence-electron chi connectivity index (χ0n) is 11.9. The zero-order valence-corrected chi connectivity index (χ0v) is 11.9. The summed E-state index contributed by atoms with van der Waals surface area (Å²) in [6.07, 6.45) is 3.42. The van der Waals surface area contributed by atoms with Gasteiger partial charge in [0.25, 0.3) is 0 Å². The second-order valence-corrected chi connectivity index (χ2v) is 6.17. The first-order chi connectivity index (χ1) is 9.58. The molecule has 1 saturated carbocycles. The van der Waals surface area contributed by atoms with Gasteiger partial charge in [-0.05, 0) is 57.0 Å². The van der Waals surface area contributed by atoms with Crippen LogP contribution >= 0.6 is 0 Å². The molecule has 1 unspecified atom stereocenters. The maximum Gasteiger partial charge on any atom is 0.227 e. The Morgan fingerprint density at radius 2 is 2.00 bits per heavy atom. The Morgan fingerprint density at radius 3 is 2.50 bits per heavy atom. The lowest BCUT2D eigenvalue weighted by molar-refractivity contribution is -0.123. The van der Waals surface area contributed by atoms with Crippen molar-refractivity contribution in [3.8, 4) is 0 Å². The molecule has 1 atom stereocenters. The molecule has 1 amide bonds. The molecule has 4 heteroatoms. The van der Waals surface area contributed by atoms with Crippen LogP contribution in [0.1, 0.15) is 37.7 Å². The summed E-state index contributed by atoms with van der Waals surface area (Å²) in [4.78, 5) is 14.7. The number of carbonyl (C=O) groups excluding carboxylic acids is 1. The predicted octanol–water partition coefficient (Wildman–Crippen LogP) is 2.28. The van der Waals surface area contributed by atoms with E-state index in [0.29, 0.717) is 0 Å². The van der Waals surface area contributed by atoms with Gasteiger partial charge in [-0.1, -0.05) is 12.1 Å². The molecule has 3 nitrogen and oxygen atoms in total. The summed E-state index contributed by atoms with van der Waals surface area (Å²) in [7, 11) is 0. The number of likely N-dealkylation sites (tertiary alicyclic amines) is 1. The van der Waals surface area contributed by atoms with Crippen LogP contribution in [0.4, 0.5) is 4.39 Å². The van der Waals surface area contributed by atoms with Gasteiger partial charge in [-0.25, -0.2) is 4.39 Å². The average molecular weight is 276 g/mol. The van der Waals surface area contributed by atoms with Crippen molar-refractivity contribution in [2.45, 2.75) is 37.6 Å². The first-order valence-electron chi connectivity index (χ1n) is 7.38. The molecule has 1 saturated heterocycles. The number of carbonyl (C=O) groups is 1. The van der Waals surface area contributed by atoms with Gasteiger partial charge in [-0.3, -0.25) is 4.79 Å². The molecule has 1 aromatic carbocycles. The Bertz CT molecular complexity index is 492. The molecule has 108 valence electrons. The lowest BCUT2D eigenvalue weighted by Crippen LogP contribution is -2.50. The van der Waals surface area contributed by atoms with E-state index in [4.69, 9.17) is 0 Å². The molecule has 1 N–H and O–H groups in total. The molecule has 3 rings (SSSR count). The van der Waals surface area contributed by atoms with Crippen molar-refractivity contribution in [2.24, 2.45) is 0 Å². The standard InChI is InChI=1S/C16H21FN2O/c1-12(13-3-5-14(17)6-4-13)15(20)18-16(7-8-16)11-19-9-2-10-19/h3-6,12H,2,7-11H2,1H3,(H,18,20). The molecule has 1 aliphatic carbocycles. The third-order valence-electron chi connectivity index (χ3n) is 4.48. The Hall–Kier alpha value is -1.42. The van der Waals surface area contributed by atoms with Gasteiger partial charge in [0.15, 0.2) is 0 Å². The summed E-state index contributed by atoms with van der Waals surface area (Å²) >= 11 is 0. The van der Waals surface area contributed by atoms with Crippen molar-refractivity contribution >= 4 is 5.91 Å². The highest BCUT2D eigenvalue weighted by molar-refractivity contribution is 5.84. The van der Waals surface area contributed by atoms with Gasteiger partial charge in [0, 0.05) is 6.54 Å². The maximum absolute atomic E-state index is 12.9. The van der Waals surface area contributed by atoms with Crippen molar-refractivity contribution < 1.29 is 9.18 Å². The average Bonchev–Trinajstić information content (AvgIpc) is 3.14. The summed E-state index contributed by atoms with van der Waals surface area (Å²) in [5.41, 5.74) is 0.870. The van der Waals surface area contributed by atoms with Crippen LogP contribution < -0.4 is 5.32 Å².